The summed E-state index contributed by atoms with van der Waals surface area (Å²) >= 11 is 0. The minimum atomic E-state index is -0.544. The van der Waals surface area contributed by atoms with Crippen LogP contribution in [0.15, 0.2) is 11.6 Å². The molecule has 1 aliphatic heterocycles. The number of hydrogen-bond acceptors (Lipinski definition) is 5. The van der Waals surface area contributed by atoms with Gasteiger partial charge < -0.3 is 15.4 Å². The van der Waals surface area contributed by atoms with Crippen molar-refractivity contribution in [1.82, 2.24) is 15.5 Å². The van der Waals surface area contributed by atoms with Crippen LogP contribution < -0.4 is 10.6 Å². The lowest BCUT2D eigenvalue weighted by Crippen LogP contribution is -2.58. The molecule has 1 unspecified atom stereocenters. The van der Waals surface area contributed by atoms with Crippen LogP contribution in [-0.4, -0.2) is 60.5 Å². The first-order valence-corrected chi connectivity index (χ1v) is 10.5. The van der Waals surface area contributed by atoms with Crippen molar-refractivity contribution in [2.24, 2.45) is 0 Å². The van der Waals surface area contributed by atoms with E-state index in [1.54, 1.807) is 6.92 Å². The van der Waals surface area contributed by atoms with Gasteiger partial charge >= 0.3 is 5.97 Å². The zero-order valence-electron chi connectivity index (χ0n) is 17.5. The predicted molar refractivity (Wildman–Crippen MR) is 108 cm³/mol. The molecule has 1 atom stereocenters. The maximum absolute atomic E-state index is 12.9. The van der Waals surface area contributed by atoms with Crippen molar-refractivity contribution in [3.63, 3.8) is 0 Å². The number of ether oxygens (including phenoxy) is 1. The van der Waals surface area contributed by atoms with E-state index in [4.69, 9.17) is 4.74 Å². The Morgan fingerprint density at radius 1 is 1.29 bits per heavy atom. The highest BCUT2D eigenvalue weighted by molar-refractivity contribution is 5.89. The molecule has 2 fully saturated rings. The number of nitrogens with zero attached hydrogens (tertiary/aromatic N) is 1. The summed E-state index contributed by atoms with van der Waals surface area (Å²) in [5.41, 5.74) is 0.641. The van der Waals surface area contributed by atoms with Crippen LogP contribution in [0.1, 0.15) is 65.7 Å². The Labute approximate surface area is 168 Å². The fourth-order valence-corrected chi connectivity index (χ4v) is 4.09. The van der Waals surface area contributed by atoms with Crippen molar-refractivity contribution in [1.29, 1.82) is 0 Å². The molecule has 7 nitrogen and oxygen atoms in total. The molecular weight excluding hydrogens is 358 g/mol. The second-order valence-electron chi connectivity index (χ2n) is 8.16. The van der Waals surface area contributed by atoms with E-state index in [1.165, 1.54) is 5.57 Å². The van der Waals surface area contributed by atoms with Crippen molar-refractivity contribution in [2.45, 2.75) is 77.3 Å². The third-order valence-corrected chi connectivity index (χ3v) is 5.56. The van der Waals surface area contributed by atoms with Crippen LogP contribution in [-0.2, 0) is 19.1 Å². The van der Waals surface area contributed by atoms with Gasteiger partial charge in [-0.1, -0.05) is 30.9 Å². The number of carbonyl (C=O) groups is 3. The van der Waals surface area contributed by atoms with E-state index in [2.05, 4.69) is 16.7 Å². The Kier molecular flexibility index (Phi) is 8.48. The fourth-order valence-electron chi connectivity index (χ4n) is 4.09. The molecule has 158 valence electrons. The molecule has 2 N–H and O–H groups in total. The molecule has 7 heteroatoms. The minimum absolute atomic E-state index is 0.104. The van der Waals surface area contributed by atoms with E-state index in [9.17, 15) is 14.4 Å². The van der Waals surface area contributed by atoms with Gasteiger partial charge in [-0.05, 0) is 33.6 Å². The maximum atomic E-state index is 12.9. The smallest absolute Gasteiger partial charge is 0.308 e. The number of nitrogens with one attached hydrogen (secondary N) is 2. The van der Waals surface area contributed by atoms with Crippen LogP contribution in [0.2, 0.25) is 0 Å². The molecule has 0 aromatic carbocycles. The Morgan fingerprint density at radius 3 is 2.64 bits per heavy atom. The number of amides is 2. The highest BCUT2D eigenvalue weighted by atomic mass is 16.5. The van der Waals surface area contributed by atoms with Gasteiger partial charge in [-0.2, -0.15) is 0 Å². The van der Waals surface area contributed by atoms with Crippen LogP contribution in [0.4, 0.5) is 0 Å². The zero-order chi connectivity index (χ0) is 20.6. The second-order valence-corrected chi connectivity index (χ2v) is 8.16. The molecule has 0 bridgehead atoms. The summed E-state index contributed by atoms with van der Waals surface area (Å²) in [5, 5.41) is 5.97. The highest BCUT2D eigenvalue weighted by Crippen LogP contribution is 2.31. The minimum Gasteiger partial charge on any atom is -0.466 e. The summed E-state index contributed by atoms with van der Waals surface area (Å²) in [4.78, 5) is 39.4. The summed E-state index contributed by atoms with van der Waals surface area (Å²) in [6, 6.07) is -0.479. The molecule has 0 aromatic heterocycles. The van der Waals surface area contributed by atoms with E-state index in [0.717, 1.165) is 38.6 Å². The first-order chi connectivity index (χ1) is 13.3. The summed E-state index contributed by atoms with van der Waals surface area (Å²) in [6.45, 7) is 8.14. The zero-order valence-corrected chi connectivity index (χ0v) is 17.5. The SMILES string of the molecule is CCOC(=O)CC1(NC(=O)CC2C(=O)NCCN2CC=C(C)C)CCCCC1. The molecule has 2 amide bonds. The number of hydrogen-bond donors (Lipinski definition) is 2. The van der Waals surface area contributed by atoms with Crippen LogP contribution in [0.3, 0.4) is 0 Å². The molecule has 2 rings (SSSR count). The van der Waals surface area contributed by atoms with Crippen molar-refractivity contribution in [3.8, 4) is 0 Å². The van der Waals surface area contributed by atoms with Crippen LogP contribution in [0.25, 0.3) is 0 Å². The lowest BCUT2D eigenvalue weighted by Gasteiger charge is -2.39. The molecular formula is C21H35N3O4. The van der Waals surface area contributed by atoms with Crippen molar-refractivity contribution in [2.75, 3.05) is 26.2 Å². The highest BCUT2D eigenvalue weighted by Gasteiger charge is 2.38. The molecule has 28 heavy (non-hydrogen) atoms. The molecule has 0 radical (unpaired) electrons. The van der Waals surface area contributed by atoms with Gasteiger partial charge in [0, 0.05) is 19.6 Å². The molecule has 0 aromatic rings. The summed E-state index contributed by atoms with van der Waals surface area (Å²) in [5.74, 6) is -0.549. The van der Waals surface area contributed by atoms with Gasteiger partial charge in [-0.3, -0.25) is 19.3 Å². The molecule has 1 aliphatic carbocycles. The Morgan fingerprint density at radius 2 is 2.00 bits per heavy atom. The second kappa shape index (κ2) is 10.6. The Hall–Kier alpha value is -1.89. The third kappa shape index (κ3) is 6.62. The van der Waals surface area contributed by atoms with Crippen LogP contribution in [0, 0.1) is 0 Å². The van der Waals surface area contributed by atoms with E-state index < -0.39 is 11.6 Å². The molecule has 2 aliphatic rings. The number of rotatable bonds is 8. The molecule has 1 saturated carbocycles. The maximum Gasteiger partial charge on any atom is 0.308 e. The Bertz CT molecular complexity index is 592. The number of allylic oxidation sites excluding steroid dienone is 1. The predicted octanol–water partition coefficient (Wildman–Crippen LogP) is 1.92. The van der Waals surface area contributed by atoms with Gasteiger partial charge in [0.1, 0.15) is 0 Å². The van der Waals surface area contributed by atoms with Gasteiger partial charge in [-0.15, -0.1) is 0 Å². The van der Waals surface area contributed by atoms with E-state index >= 15 is 0 Å². The van der Waals surface area contributed by atoms with Crippen molar-refractivity contribution in [3.05, 3.63) is 11.6 Å². The van der Waals surface area contributed by atoms with E-state index in [-0.39, 0.29) is 30.6 Å². The Balaban J connectivity index is 2.04. The van der Waals surface area contributed by atoms with E-state index in [0.29, 0.717) is 19.7 Å². The lowest BCUT2D eigenvalue weighted by atomic mass is 9.79. The van der Waals surface area contributed by atoms with Gasteiger partial charge in [-0.25, -0.2) is 0 Å². The van der Waals surface area contributed by atoms with Gasteiger partial charge in [0.15, 0.2) is 0 Å². The van der Waals surface area contributed by atoms with Crippen molar-refractivity contribution < 1.29 is 19.1 Å². The standard InChI is InChI=1S/C21H35N3O4/c1-4-28-19(26)15-21(9-6-5-7-10-21)23-18(25)14-17-20(27)22-11-13-24(17)12-8-16(2)3/h8,17H,4-7,9-15H2,1-3H3,(H,22,27)(H,23,25). The van der Waals surface area contributed by atoms with Crippen LogP contribution in [0.5, 0.6) is 0 Å². The first-order valence-electron chi connectivity index (χ1n) is 10.5. The number of carbonyl (C=O) groups excluding carboxylic acids is 3. The average molecular weight is 394 g/mol. The molecule has 1 saturated heterocycles. The lowest BCUT2D eigenvalue weighted by molar-refractivity contribution is -0.146. The third-order valence-electron chi connectivity index (χ3n) is 5.56. The summed E-state index contributed by atoms with van der Waals surface area (Å²) in [6.07, 6.45) is 7.01. The van der Waals surface area contributed by atoms with Gasteiger partial charge in [0.2, 0.25) is 11.8 Å². The normalized spacial score (nSPS) is 22.1. The first kappa shape index (κ1) is 22.4. The molecule has 1 heterocycles. The van der Waals surface area contributed by atoms with Gasteiger partial charge in [0.05, 0.1) is 31.0 Å². The summed E-state index contributed by atoms with van der Waals surface area (Å²) < 4.78 is 5.12. The average Bonchev–Trinajstić information content (AvgIpc) is 2.62. The van der Waals surface area contributed by atoms with Crippen LogP contribution >= 0.6 is 0 Å². The fraction of sp³-hybridized carbons (Fsp3) is 0.762. The largest absolute Gasteiger partial charge is 0.466 e. The topological polar surface area (TPSA) is 87.7 Å². The van der Waals surface area contributed by atoms with Crippen molar-refractivity contribution >= 4 is 17.8 Å². The number of esters is 1. The quantitative estimate of drug-likeness (QED) is 0.486. The summed E-state index contributed by atoms with van der Waals surface area (Å²) in [7, 11) is 0. The molecule has 0 spiro atoms. The van der Waals surface area contributed by atoms with E-state index in [1.807, 2.05) is 18.7 Å². The van der Waals surface area contributed by atoms with Gasteiger partial charge in [0.25, 0.3) is 0 Å². The number of piperazine rings is 1. The monoisotopic (exact) mass is 393 g/mol.